The van der Waals surface area contributed by atoms with E-state index < -0.39 is 0 Å². The van der Waals surface area contributed by atoms with Crippen LogP contribution in [0.25, 0.3) is 6.08 Å². The van der Waals surface area contributed by atoms with E-state index in [4.69, 9.17) is 4.74 Å². The predicted octanol–water partition coefficient (Wildman–Crippen LogP) is 3.04. The van der Waals surface area contributed by atoms with E-state index in [1.165, 1.54) is 17.5 Å². The topological polar surface area (TPSA) is 9.23 Å². The van der Waals surface area contributed by atoms with Crippen molar-refractivity contribution in [3.05, 3.63) is 35.4 Å². The highest BCUT2D eigenvalue weighted by Gasteiger charge is 2.04. The van der Waals surface area contributed by atoms with Gasteiger partial charge in [0, 0.05) is 0 Å². The van der Waals surface area contributed by atoms with Crippen LogP contribution in [0.15, 0.2) is 24.3 Å². The van der Waals surface area contributed by atoms with Gasteiger partial charge in [-0.2, -0.15) is 0 Å². The molecule has 1 aromatic rings. The molecule has 1 aliphatic rings. The van der Waals surface area contributed by atoms with E-state index in [1.807, 2.05) is 6.92 Å². The minimum absolute atomic E-state index is 0.739. The van der Waals surface area contributed by atoms with Crippen LogP contribution in [0.2, 0.25) is 0 Å². The Labute approximate surface area is 79.0 Å². The molecule has 0 amide bonds. The molecule has 68 valence electrons. The Hall–Kier alpha value is -1.24. The molecule has 2 rings (SSSR count). The molecule has 0 atom stereocenters. The van der Waals surface area contributed by atoms with Gasteiger partial charge in [-0.05, 0) is 43.0 Å². The first-order valence-corrected chi connectivity index (χ1v) is 4.82. The van der Waals surface area contributed by atoms with Gasteiger partial charge in [0.1, 0.15) is 5.75 Å². The zero-order valence-electron chi connectivity index (χ0n) is 7.92. The third-order valence-electron chi connectivity index (χ3n) is 2.31. The van der Waals surface area contributed by atoms with Crippen molar-refractivity contribution in [3.8, 4) is 5.75 Å². The van der Waals surface area contributed by atoms with Crippen LogP contribution in [0, 0.1) is 0 Å². The molecule has 0 radical (unpaired) electrons. The third-order valence-corrected chi connectivity index (χ3v) is 2.31. The van der Waals surface area contributed by atoms with Crippen molar-refractivity contribution in [2.75, 3.05) is 6.61 Å². The minimum atomic E-state index is 0.739. The maximum Gasteiger partial charge on any atom is 0.119 e. The van der Waals surface area contributed by atoms with Crippen LogP contribution in [0.4, 0.5) is 0 Å². The Kier molecular flexibility index (Phi) is 2.35. The van der Waals surface area contributed by atoms with Crippen molar-refractivity contribution in [1.82, 2.24) is 0 Å². The lowest BCUT2D eigenvalue weighted by atomic mass is 9.97. The zero-order chi connectivity index (χ0) is 9.10. The summed E-state index contributed by atoms with van der Waals surface area (Å²) >= 11 is 0. The van der Waals surface area contributed by atoms with Crippen LogP contribution in [-0.2, 0) is 6.42 Å². The Bertz CT molecular complexity index is 326. The fourth-order valence-electron chi connectivity index (χ4n) is 1.66. The van der Waals surface area contributed by atoms with Crippen LogP contribution in [-0.4, -0.2) is 6.61 Å². The van der Waals surface area contributed by atoms with Gasteiger partial charge in [-0.1, -0.05) is 18.2 Å². The number of benzene rings is 1. The van der Waals surface area contributed by atoms with Crippen molar-refractivity contribution in [1.29, 1.82) is 0 Å². The fraction of sp³-hybridized carbons (Fsp3) is 0.333. The zero-order valence-corrected chi connectivity index (χ0v) is 7.92. The summed E-state index contributed by atoms with van der Waals surface area (Å²) in [7, 11) is 0. The molecule has 13 heavy (non-hydrogen) atoms. The molecule has 0 spiro atoms. The van der Waals surface area contributed by atoms with Crippen LogP contribution < -0.4 is 4.74 Å². The standard InChI is InChI=1S/C12H14O/c1-2-13-12-8-7-10-5-3-4-6-11(10)9-12/h4,6-9H,2-3,5H2,1H3. The number of ether oxygens (including phenoxy) is 1. The van der Waals surface area contributed by atoms with Crippen LogP contribution >= 0.6 is 0 Å². The van der Waals surface area contributed by atoms with Gasteiger partial charge in [0.15, 0.2) is 0 Å². The molecule has 0 saturated heterocycles. The second kappa shape index (κ2) is 3.65. The lowest BCUT2D eigenvalue weighted by Gasteiger charge is -2.11. The molecule has 1 heteroatoms. The molecule has 0 aliphatic heterocycles. The van der Waals surface area contributed by atoms with E-state index >= 15 is 0 Å². The molecule has 1 aromatic carbocycles. The number of allylic oxidation sites excluding steroid dienone is 1. The average Bonchev–Trinajstić information content (AvgIpc) is 2.18. The summed E-state index contributed by atoms with van der Waals surface area (Å²) in [5.74, 6) is 0.979. The molecular weight excluding hydrogens is 160 g/mol. The summed E-state index contributed by atoms with van der Waals surface area (Å²) in [6, 6.07) is 6.35. The molecule has 0 N–H and O–H groups in total. The molecule has 1 aliphatic carbocycles. The number of aryl methyl sites for hydroxylation is 1. The first kappa shape index (κ1) is 8.36. The first-order chi connectivity index (χ1) is 6.40. The maximum atomic E-state index is 5.44. The number of hydrogen-bond acceptors (Lipinski definition) is 1. The van der Waals surface area contributed by atoms with Crippen molar-refractivity contribution < 1.29 is 4.74 Å². The van der Waals surface area contributed by atoms with Crippen molar-refractivity contribution in [3.63, 3.8) is 0 Å². The molecule has 0 aromatic heterocycles. The third kappa shape index (κ3) is 1.74. The highest BCUT2D eigenvalue weighted by atomic mass is 16.5. The summed E-state index contributed by atoms with van der Waals surface area (Å²) in [5, 5.41) is 0. The minimum Gasteiger partial charge on any atom is -0.494 e. The summed E-state index contributed by atoms with van der Waals surface area (Å²) in [4.78, 5) is 0. The van der Waals surface area contributed by atoms with Gasteiger partial charge in [-0.25, -0.2) is 0 Å². The van der Waals surface area contributed by atoms with E-state index in [0.717, 1.165) is 18.8 Å². The molecule has 1 nitrogen and oxygen atoms in total. The summed E-state index contributed by atoms with van der Waals surface area (Å²) in [6.07, 6.45) is 6.73. The summed E-state index contributed by atoms with van der Waals surface area (Å²) < 4.78 is 5.44. The van der Waals surface area contributed by atoms with Gasteiger partial charge in [-0.15, -0.1) is 0 Å². The maximum absolute atomic E-state index is 5.44. The lowest BCUT2D eigenvalue weighted by Crippen LogP contribution is -1.96. The molecule has 0 fully saturated rings. The van der Waals surface area contributed by atoms with Crippen LogP contribution in [0.5, 0.6) is 5.75 Å². The number of rotatable bonds is 2. The van der Waals surface area contributed by atoms with Gasteiger partial charge in [-0.3, -0.25) is 0 Å². The highest BCUT2D eigenvalue weighted by molar-refractivity contribution is 5.58. The van der Waals surface area contributed by atoms with Crippen molar-refractivity contribution >= 4 is 6.08 Å². The monoisotopic (exact) mass is 174 g/mol. The van der Waals surface area contributed by atoms with E-state index in [1.54, 1.807) is 0 Å². The van der Waals surface area contributed by atoms with E-state index in [9.17, 15) is 0 Å². The van der Waals surface area contributed by atoms with Crippen LogP contribution in [0.3, 0.4) is 0 Å². The smallest absolute Gasteiger partial charge is 0.119 e. The van der Waals surface area contributed by atoms with E-state index in [-0.39, 0.29) is 0 Å². The molecule has 0 saturated carbocycles. The van der Waals surface area contributed by atoms with Gasteiger partial charge in [0.2, 0.25) is 0 Å². The largest absolute Gasteiger partial charge is 0.494 e. The second-order valence-electron chi connectivity index (χ2n) is 3.23. The Morgan fingerprint density at radius 1 is 1.38 bits per heavy atom. The quantitative estimate of drug-likeness (QED) is 0.669. The van der Waals surface area contributed by atoms with E-state index in [0.29, 0.717) is 0 Å². The number of fused-ring (bicyclic) bond motifs is 1. The molecule has 0 bridgehead atoms. The van der Waals surface area contributed by atoms with Gasteiger partial charge < -0.3 is 4.74 Å². The fourth-order valence-corrected chi connectivity index (χ4v) is 1.66. The predicted molar refractivity (Wildman–Crippen MR) is 55.0 cm³/mol. The summed E-state index contributed by atoms with van der Waals surface area (Å²) in [5.41, 5.74) is 2.75. The normalized spacial score (nSPS) is 13.9. The lowest BCUT2D eigenvalue weighted by molar-refractivity contribution is 0.340. The first-order valence-electron chi connectivity index (χ1n) is 4.82. The molecular formula is C12H14O. The highest BCUT2D eigenvalue weighted by Crippen LogP contribution is 2.23. The Morgan fingerprint density at radius 2 is 2.31 bits per heavy atom. The van der Waals surface area contributed by atoms with Crippen molar-refractivity contribution in [2.24, 2.45) is 0 Å². The van der Waals surface area contributed by atoms with E-state index in [2.05, 4.69) is 30.4 Å². The van der Waals surface area contributed by atoms with Gasteiger partial charge in [0.05, 0.1) is 6.61 Å². The SMILES string of the molecule is CCOc1ccc2c(c1)C=CCC2. The van der Waals surface area contributed by atoms with Crippen molar-refractivity contribution in [2.45, 2.75) is 19.8 Å². The van der Waals surface area contributed by atoms with Crippen LogP contribution in [0.1, 0.15) is 24.5 Å². The van der Waals surface area contributed by atoms with Gasteiger partial charge in [0.25, 0.3) is 0 Å². The molecule has 0 heterocycles. The number of hydrogen-bond donors (Lipinski definition) is 0. The Balaban J connectivity index is 2.31. The van der Waals surface area contributed by atoms with Gasteiger partial charge >= 0.3 is 0 Å². The second-order valence-corrected chi connectivity index (χ2v) is 3.23. The summed E-state index contributed by atoms with van der Waals surface area (Å²) in [6.45, 7) is 2.75. The Morgan fingerprint density at radius 3 is 3.15 bits per heavy atom. The molecule has 0 unspecified atom stereocenters. The average molecular weight is 174 g/mol.